The van der Waals surface area contributed by atoms with E-state index in [0.29, 0.717) is 5.82 Å². The van der Waals surface area contributed by atoms with Gasteiger partial charge in [0.2, 0.25) is 5.82 Å². The molecule has 8 nitrogen and oxygen atoms in total. The molecule has 1 amide bonds. The second kappa shape index (κ2) is 8.62. The van der Waals surface area contributed by atoms with Gasteiger partial charge in [-0.25, -0.2) is 4.79 Å². The van der Waals surface area contributed by atoms with Gasteiger partial charge in [-0.1, -0.05) is 56.3 Å². The highest BCUT2D eigenvalue weighted by atomic mass is 28.4. The third-order valence-electron chi connectivity index (χ3n) is 4.86. The number of H-pyrrole nitrogens is 1. The van der Waals surface area contributed by atoms with E-state index in [-0.39, 0.29) is 17.7 Å². The van der Waals surface area contributed by atoms with Gasteiger partial charge >= 0.3 is 6.09 Å². The molecule has 0 unspecified atom stereocenters. The SMILES string of the molecule is C[C@H](NC(=O)OCc1ccccc1)[C@H](O[Si](C)(C)C(C)(C)C)c1nn[nH]n1. The number of aromatic amines is 1. The van der Waals surface area contributed by atoms with Crippen molar-refractivity contribution >= 4 is 14.4 Å². The minimum absolute atomic E-state index is 0.00250. The lowest BCUT2D eigenvalue weighted by Crippen LogP contribution is -2.47. The van der Waals surface area contributed by atoms with E-state index in [1.54, 1.807) is 0 Å². The molecule has 0 aliphatic heterocycles. The average Bonchev–Trinajstić information content (AvgIpc) is 3.12. The molecule has 0 aliphatic carbocycles. The van der Waals surface area contributed by atoms with Gasteiger partial charge < -0.3 is 14.5 Å². The first-order chi connectivity index (χ1) is 12.6. The molecule has 2 atom stereocenters. The van der Waals surface area contributed by atoms with Crippen molar-refractivity contribution < 1.29 is 14.0 Å². The number of tetrazole rings is 1. The molecule has 0 radical (unpaired) electrons. The smallest absolute Gasteiger partial charge is 0.407 e. The Morgan fingerprint density at radius 1 is 1.26 bits per heavy atom. The molecule has 1 heterocycles. The molecule has 1 aromatic carbocycles. The monoisotopic (exact) mass is 391 g/mol. The number of rotatable bonds is 7. The lowest BCUT2D eigenvalue weighted by molar-refractivity contribution is 0.107. The molecule has 2 rings (SSSR count). The number of nitrogens with one attached hydrogen (secondary N) is 2. The van der Waals surface area contributed by atoms with Crippen LogP contribution in [-0.4, -0.2) is 41.1 Å². The van der Waals surface area contributed by atoms with E-state index in [2.05, 4.69) is 59.8 Å². The van der Waals surface area contributed by atoms with Crippen LogP contribution in [0.25, 0.3) is 0 Å². The van der Waals surface area contributed by atoms with Crippen LogP contribution in [0.1, 0.15) is 45.2 Å². The predicted molar refractivity (Wildman–Crippen MR) is 104 cm³/mol. The van der Waals surface area contributed by atoms with Crippen LogP contribution in [0, 0.1) is 0 Å². The second-order valence-electron chi connectivity index (χ2n) is 8.06. The third-order valence-corrected chi connectivity index (χ3v) is 9.31. The summed E-state index contributed by atoms with van der Waals surface area (Å²) >= 11 is 0. The maximum Gasteiger partial charge on any atom is 0.407 e. The number of carbonyl (C=O) groups excluding carboxylic acids is 1. The van der Waals surface area contributed by atoms with Gasteiger partial charge in [0.05, 0.1) is 6.04 Å². The Bertz CT molecular complexity index is 716. The zero-order valence-electron chi connectivity index (χ0n) is 16.8. The van der Waals surface area contributed by atoms with Crippen molar-refractivity contribution in [3.05, 3.63) is 41.7 Å². The van der Waals surface area contributed by atoms with E-state index in [1.807, 2.05) is 37.3 Å². The number of hydrogen-bond acceptors (Lipinski definition) is 6. The lowest BCUT2D eigenvalue weighted by Gasteiger charge is -2.39. The van der Waals surface area contributed by atoms with Crippen molar-refractivity contribution in [2.24, 2.45) is 0 Å². The molecule has 148 valence electrons. The average molecular weight is 392 g/mol. The predicted octanol–water partition coefficient (Wildman–Crippen LogP) is 3.58. The molecule has 2 N–H and O–H groups in total. The van der Waals surface area contributed by atoms with E-state index in [4.69, 9.17) is 9.16 Å². The van der Waals surface area contributed by atoms with Gasteiger partial charge in [-0.05, 0) is 30.6 Å². The van der Waals surface area contributed by atoms with Gasteiger partial charge in [-0.3, -0.25) is 0 Å². The fourth-order valence-electron chi connectivity index (χ4n) is 2.19. The summed E-state index contributed by atoms with van der Waals surface area (Å²) in [5.74, 6) is 0.413. The summed E-state index contributed by atoms with van der Waals surface area (Å²) in [5.41, 5.74) is 0.924. The summed E-state index contributed by atoms with van der Waals surface area (Å²) in [7, 11) is -2.12. The molecule has 0 aliphatic rings. The minimum atomic E-state index is -2.12. The molecule has 1 aromatic heterocycles. The zero-order valence-corrected chi connectivity index (χ0v) is 17.8. The first-order valence-electron chi connectivity index (χ1n) is 8.98. The molecule has 2 aromatic rings. The van der Waals surface area contributed by atoms with Crippen molar-refractivity contribution in [1.29, 1.82) is 0 Å². The standard InChI is InChI=1S/C18H29N5O3Si/c1-13(19-17(24)25-12-14-10-8-7-9-11-14)15(16-20-22-23-21-16)26-27(5,6)18(2,3)4/h7-11,13,15H,12H2,1-6H3,(H,19,24)(H,20,21,22,23)/t13-,15-/m0/s1. The number of amides is 1. The van der Waals surface area contributed by atoms with Crippen LogP contribution < -0.4 is 5.32 Å². The highest BCUT2D eigenvalue weighted by molar-refractivity contribution is 6.74. The Labute approximate surface area is 161 Å². The van der Waals surface area contributed by atoms with Crippen molar-refractivity contribution in [3.63, 3.8) is 0 Å². The second-order valence-corrected chi connectivity index (χ2v) is 12.8. The van der Waals surface area contributed by atoms with Gasteiger partial charge in [0.25, 0.3) is 0 Å². The maximum absolute atomic E-state index is 12.2. The van der Waals surface area contributed by atoms with E-state index in [9.17, 15) is 4.79 Å². The summed E-state index contributed by atoms with van der Waals surface area (Å²) in [4.78, 5) is 12.2. The van der Waals surface area contributed by atoms with Crippen LogP contribution >= 0.6 is 0 Å². The third kappa shape index (κ3) is 5.86. The van der Waals surface area contributed by atoms with Gasteiger partial charge in [-0.15, -0.1) is 10.2 Å². The zero-order chi connectivity index (χ0) is 20.1. The Hall–Kier alpha value is -2.26. The van der Waals surface area contributed by atoms with Crippen molar-refractivity contribution in [1.82, 2.24) is 25.9 Å². The number of carbonyl (C=O) groups is 1. The first kappa shape index (κ1) is 21.0. The number of nitrogens with zero attached hydrogens (tertiary/aromatic N) is 3. The molecule has 0 saturated heterocycles. The number of alkyl carbamates (subject to hydrolysis) is 1. The van der Waals surface area contributed by atoms with E-state index in [0.717, 1.165) is 5.56 Å². The normalized spacial score (nSPS) is 14.4. The summed E-state index contributed by atoms with van der Waals surface area (Å²) in [5, 5.41) is 17.0. The largest absolute Gasteiger partial charge is 0.445 e. The Balaban J connectivity index is 2.03. The summed E-state index contributed by atoms with van der Waals surface area (Å²) in [6.07, 6.45) is -1.03. The Morgan fingerprint density at radius 3 is 2.48 bits per heavy atom. The molecule has 0 fully saturated rings. The maximum atomic E-state index is 12.2. The Morgan fingerprint density at radius 2 is 1.93 bits per heavy atom. The number of benzene rings is 1. The van der Waals surface area contributed by atoms with E-state index in [1.165, 1.54) is 0 Å². The highest BCUT2D eigenvalue weighted by Gasteiger charge is 2.42. The van der Waals surface area contributed by atoms with Gasteiger partial charge in [0.1, 0.15) is 12.7 Å². The van der Waals surface area contributed by atoms with Crippen LogP contribution in [-0.2, 0) is 15.8 Å². The van der Waals surface area contributed by atoms with Crippen molar-refractivity contribution in [3.8, 4) is 0 Å². The fourth-order valence-corrected chi connectivity index (χ4v) is 3.49. The minimum Gasteiger partial charge on any atom is -0.445 e. The van der Waals surface area contributed by atoms with E-state index >= 15 is 0 Å². The topological polar surface area (TPSA) is 102 Å². The van der Waals surface area contributed by atoms with Gasteiger partial charge in [0.15, 0.2) is 8.32 Å². The first-order valence-corrected chi connectivity index (χ1v) is 11.9. The molecular formula is C18H29N5O3Si. The van der Waals surface area contributed by atoms with Crippen LogP contribution in [0.15, 0.2) is 30.3 Å². The Kier molecular flexibility index (Phi) is 6.72. The van der Waals surface area contributed by atoms with Crippen LogP contribution in [0.3, 0.4) is 0 Å². The fraction of sp³-hybridized carbons (Fsp3) is 0.556. The number of aromatic nitrogens is 4. The molecular weight excluding hydrogens is 362 g/mol. The van der Waals surface area contributed by atoms with Gasteiger partial charge in [0, 0.05) is 0 Å². The molecule has 9 heteroatoms. The molecule has 0 bridgehead atoms. The molecule has 0 spiro atoms. The number of ether oxygens (including phenoxy) is 1. The van der Waals surface area contributed by atoms with Crippen molar-refractivity contribution in [2.45, 2.75) is 64.6 Å². The highest BCUT2D eigenvalue weighted by Crippen LogP contribution is 2.39. The quantitative estimate of drug-likeness (QED) is 0.700. The lowest BCUT2D eigenvalue weighted by atomic mass is 10.2. The summed E-state index contributed by atoms with van der Waals surface area (Å²) in [6, 6.07) is 9.13. The molecule has 0 saturated carbocycles. The van der Waals surface area contributed by atoms with Crippen molar-refractivity contribution in [2.75, 3.05) is 0 Å². The van der Waals surface area contributed by atoms with Crippen LogP contribution in [0.2, 0.25) is 18.1 Å². The molecule has 27 heavy (non-hydrogen) atoms. The van der Waals surface area contributed by atoms with Gasteiger partial charge in [-0.2, -0.15) is 5.21 Å². The van der Waals surface area contributed by atoms with Crippen LogP contribution in [0.5, 0.6) is 0 Å². The summed E-state index contributed by atoms with van der Waals surface area (Å²) in [6.45, 7) is 12.8. The van der Waals surface area contributed by atoms with E-state index < -0.39 is 20.5 Å². The van der Waals surface area contributed by atoms with Crippen LogP contribution in [0.4, 0.5) is 4.79 Å². The number of hydrogen-bond donors (Lipinski definition) is 2. The summed E-state index contributed by atoms with van der Waals surface area (Å²) < 4.78 is 11.8.